The van der Waals surface area contributed by atoms with Crippen LogP contribution in [0.5, 0.6) is 5.75 Å². The Morgan fingerprint density at radius 2 is 1.52 bits per heavy atom. The summed E-state index contributed by atoms with van der Waals surface area (Å²) in [4.78, 5) is 0. The molecule has 0 N–H and O–H groups in total. The molecular formula is C23H17NO3. The highest BCUT2D eigenvalue weighted by atomic mass is 16.7. The highest BCUT2D eigenvalue weighted by Crippen LogP contribution is 2.18. The molecule has 0 spiro atoms. The van der Waals surface area contributed by atoms with Crippen LogP contribution in [0, 0.1) is 23.2 Å². The van der Waals surface area contributed by atoms with Crippen LogP contribution < -0.4 is 4.74 Å². The van der Waals surface area contributed by atoms with E-state index in [1.165, 1.54) is 0 Å². The first kappa shape index (κ1) is 17.1. The van der Waals surface area contributed by atoms with Crippen LogP contribution in [0.15, 0.2) is 60.7 Å². The molecule has 0 aliphatic carbocycles. The topological polar surface area (TPSA) is 54.8 Å². The van der Waals surface area contributed by atoms with Crippen molar-refractivity contribution >= 4 is 10.8 Å². The molecule has 1 aliphatic rings. The molecule has 1 saturated heterocycles. The van der Waals surface area contributed by atoms with Gasteiger partial charge in [-0.3, -0.25) is 0 Å². The molecule has 1 fully saturated rings. The van der Waals surface area contributed by atoms with Crippen molar-refractivity contribution in [2.45, 2.75) is 6.10 Å². The number of hydrogen-bond donors (Lipinski definition) is 0. The van der Waals surface area contributed by atoms with E-state index in [9.17, 15) is 0 Å². The van der Waals surface area contributed by atoms with E-state index in [1.807, 2.05) is 60.7 Å². The van der Waals surface area contributed by atoms with E-state index in [0.29, 0.717) is 12.2 Å². The van der Waals surface area contributed by atoms with Crippen LogP contribution in [0.2, 0.25) is 0 Å². The summed E-state index contributed by atoms with van der Waals surface area (Å²) in [5.41, 5.74) is 2.51. The zero-order valence-electron chi connectivity index (χ0n) is 14.6. The van der Waals surface area contributed by atoms with E-state index < -0.39 is 0 Å². The lowest BCUT2D eigenvalue weighted by Crippen LogP contribution is -2.07. The largest absolute Gasteiger partial charge is 0.468 e. The lowest BCUT2D eigenvalue weighted by molar-refractivity contribution is 0.00821. The number of benzene rings is 3. The van der Waals surface area contributed by atoms with Crippen LogP contribution in [0.1, 0.15) is 16.7 Å². The third kappa shape index (κ3) is 4.65. The lowest BCUT2D eigenvalue weighted by Gasteiger charge is -2.05. The second kappa shape index (κ2) is 7.93. The van der Waals surface area contributed by atoms with Crippen molar-refractivity contribution in [2.75, 3.05) is 20.0 Å². The van der Waals surface area contributed by atoms with Gasteiger partial charge in [0, 0.05) is 11.1 Å². The maximum atomic E-state index is 8.97. The van der Waals surface area contributed by atoms with Crippen LogP contribution in [0.3, 0.4) is 0 Å². The predicted octanol–water partition coefficient (Wildman–Crippen LogP) is 3.86. The number of hydrogen-bond acceptors (Lipinski definition) is 4. The summed E-state index contributed by atoms with van der Waals surface area (Å²) in [6, 6.07) is 21.4. The molecule has 4 nitrogen and oxygen atoms in total. The zero-order chi connectivity index (χ0) is 18.5. The fourth-order valence-electron chi connectivity index (χ4n) is 2.63. The Morgan fingerprint density at radius 1 is 0.889 bits per heavy atom. The van der Waals surface area contributed by atoms with Gasteiger partial charge in [-0.15, -0.1) is 0 Å². The molecule has 0 amide bonds. The van der Waals surface area contributed by atoms with Gasteiger partial charge in [-0.05, 0) is 59.3 Å². The van der Waals surface area contributed by atoms with E-state index in [0.717, 1.165) is 34.3 Å². The summed E-state index contributed by atoms with van der Waals surface area (Å²) in [6.07, 6.45) is 0.245. The Kier molecular flexibility index (Phi) is 5.03. The van der Waals surface area contributed by atoms with Gasteiger partial charge in [0.15, 0.2) is 6.79 Å². The van der Waals surface area contributed by atoms with Gasteiger partial charge in [0.1, 0.15) is 11.9 Å². The Labute approximate surface area is 157 Å². The number of rotatable bonds is 5. The van der Waals surface area contributed by atoms with Crippen LogP contribution in [-0.4, -0.2) is 26.1 Å². The maximum absolute atomic E-state index is 8.97. The van der Waals surface area contributed by atoms with Crippen LogP contribution >= 0.6 is 0 Å². The van der Waals surface area contributed by atoms with Gasteiger partial charge in [0.05, 0.1) is 24.8 Å². The van der Waals surface area contributed by atoms with E-state index in [1.54, 1.807) is 0 Å². The van der Waals surface area contributed by atoms with E-state index in [4.69, 9.17) is 19.5 Å². The van der Waals surface area contributed by atoms with Gasteiger partial charge in [-0.25, -0.2) is 0 Å². The van der Waals surface area contributed by atoms with Crippen LogP contribution in [0.4, 0.5) is 0 Å². The standard InChI is InChI=1S/C23H17NO3/c24-13-19-4-8-20-11-18(3-7-21(20)12-19)2-1-17-5-9-22(10-6-17)27-16-25-14-23-15-26-23/h3-12,23H,14-16H2. The Bertz CT molecular complexity index is 1050. The van der Waals surface area contributed by atoms with Crippen molar-refractivity contribution in [1.29, 1.82) is 5.26 Å². The van der Waals surface area contributed by atoms with Crippen molar-refractivity contribution in [3.8, 4) is 23.7 Å². The minimum atomic E-state index is 0.218. The molecule has 27 heavy (non-hydrogen) atoms. The van der Waals surface area contributed by atoms with Gasteiger partial charge < -0.3 is 14.2 Å². The second-order valence-electron chi connectivity index (χ2n) is 6.25. The first-order valence-corrected chi connectivity index (χ1v) is 8.68. The third-order valence-corrected chi connectivity index (χ3v) is 4.19. The van der Waals surface area contributed by atoms with Crippen molar-refractivity contribution in [3.63, 3.8) is 0 Å². The van der Waals surface area contributed by atoms with Gasteiger partial charge in [0.25, 0.3) is 0 Å². The van der Waals surface area contributed by atoms with Gasteiger partial charge >= 0.3 is 0 Å². The predicted molar refractivity (Wildman–Crippen MR) is 102 cm³/mol. The minimum absolute atomic E-state index is 0.218. The van der Waals surface area contributed by atoms with Crippen molar-refractivity contribution in [1.82, 2.24) is 0 Å². The second-order valence-corrected chi connectivity index (χ2v) is 6.25. The highest BCUT2D eigenvalue weighted by Gasteiger charge is 2.22. The number of epoxide rings is 1. The number of nitrogens with zero attached hydrogens (tertiary/aromatic N) is 1. The lowest BCUT2D eigenvalue weighted by atomic mass is 10.0. The first-order chi connectivity index (χ1) is 13.3. The molecule has 0 aromatic heterocycles. The molecule has 1 atom stereocenters. The fourth-order valence-corrected chi connectivity index (χ4v) is 2.63. The fraction of sp³-hybridized carbons (Fsp3) is 0.174. The summed E-state index contributed by atoms with van der Waals surface area (Å²) in [6.45, 7) is 1.58. The Morgan fingerprint density at radius 3 is 2.22 bits per heavy atom. The maximum Gasteiger partial charge on any atom is 0.189 e. The summed E-state index contributed by atoms with van der Waals surface area (Å²) in [5, 5.41) is 11.1. The van der Waals surface area contributed by atoms with Crippen molar-refractivity contribution < 1.29 is 14.2 Å². The van der Waals surface area contributed by atoms with Gasteiger partial charge in [-0.2, -0.15) is 5.26 Å². The smallest absolute Gasteiger partial charge is 0.189 e. The molecule has 1 unspecified atom stereocenters. The first-order valence-electron chi connectivity index (χ1n) is 8.68. The highest BCUT2D eigenvalue weighted by molar-refractivity contribution is 5.85. The minimum Gasteiger partial charge on any atom is -0.468 e. The van der Waals surface area contributed by atoms with Gasteiger partial charge in [-0.1, -0.05) is 24.0 Å². The third-order valence-electron chi connectivity index (χ3n) is 4.19. The molecule has 0 saturated carbocycles. The van der Waals surface area contributed by atoms with Crippen molar-refractivity contribution in [2.24, 2.45) is 0 Å². The average Bonchev–Trinajstić information content (AvgIpc) is 3.54. The quantitative estimate of drug-likeness (QED) is 0.302. The van der Waals surface area contributed by atoms with E-state index in [-0.39, 0.29) is 12.9 Å². The van der Waals surface area contributed by atoms with Gasteiger partial charge in [0.2, 0.25) is 0 Å². The number of fused-ring (bicyclic) bond motifs is 1. The van der Waals surface area contributed by atoms with Crippen LogP contribution in [-0.2, 0) is 9.47 Å². The van der Waals surface area contributed by atoms with E-state index in [2.05, 4.69) is 17.9 Å². The summed E-state index contributed by atoms with van der Waals surface area (Å²) < 4.78 is 15.9. The summed E-state index contributed by atoms with van der Waals surface area (Å²) >= 11 is 0. The van der Waals surface area contributed by atoms with Crippen molar-refractivity contribution in [3.05, 3.63) is 77.4 Å². The molecule has 0 radical (unpaired) electrons. The summed E-state index contributed by atoms with van der Waals surface area (Å²) in [7, 11) is 0. The molecule has 0 bridgehead atoms. The van der Waals surface area contributed by atoms with E-state index >= 15 is 0 Å². The monoisotopic (exact) mass is 355 g/mol. The average molecular weight is 355 g/mol. The normalized spacial score (nSPS) is 14.9. The molecule has 3 aromatic carbocycles. The Balaban J connectivity index is 1.39. The number of ether oxygens (including phenoxy) is 3. The number of nitriles is 1. The van der Waals surface area contributed by atoms with Crippen LogP contribution in [0.25, 0.3) is 10.8 Å². The SMILES string of the molecule is N#Cc1ccc2cc(C#Cc3ccc(OCOCC4CO4)cc3)ccc2c1. The molecule has 1 aliphatic heterocycles. The molecule has 132 valence electrons. The zero-order valence-corrected chi connectivity index (χ0v) is 14.6. The molecule has 1 heterocycles. The Hall–Kier alpha value is -3.31. The summed E-state index contributed by atoms with van der Waals surface area (Å²) in [5.74, 6) is 7.09. The molecular weight excluding hydrogens is 338 g/mol. The molecule has 4 heteroatoms. The molecule has 4 rings (SSSR count). The molecule has 3 aromatic rings.